The van der Waals surface area contributed by atoms with Crippen molar-refractivity contribution in [3.8, 4) is 0 Å². The van der Waals surface area contributed by atoms with Crippen molar-refractivity contribution in [2.45, 2.75) is 6.42 Å². The third kappa shape index (κ3) is 2.27. The maximum Gasteiger partial charge on any atom is 0.126 e. The lowest BCUT2D eigenvalue weighted by Gasteiger charge is -1.86. The quantitative estimate of drug-likeness (QED) is 0.680. The first-order valence-electron chi connectivity index (χ1n) is 3.36. The van der Waals surface area contributed by atoms with Gasteiger partial charge in [0.1, 0.15) is 5.82 Å². The minimum atomic E-state index is 0.593. The average Bonchev–Trinajstić information content (AvgIpc) is 2.37. The summed E-state index contributed by atoms with van der Waals surface area (Å²) < 4.78 is 0. The Morgan fingerprint density at radius 1 is 1.73 bits per heavy atom. The van der Waals surface area contributed by atoms with Gasteiger partial charge in [-0.1, -0.05) is 12.2 Å². The molecular weight excluding hydrogens is 162 g/mol. The first-order chi connectivity index (χ1) is 5.34. The summed E-state index contributed by atoms with van der Waals surface area (Å²) in [5, 5.41) is 6.41. The van der Waals surface area contributed by atoms with E-state index < -0.39 is 0 Å². The van der Waals surface area contributed by atoms with E-state index in [1.54, 1.807) is 6.20 Å². The van der Waals surface area contributed by atoms with E-state index >= 15 is 0 Å². The van der Waals surface area contributed by atoms with Gasteiger partial charge in [-0.15, -0.1) is 11.6 Å². The molecule has 1 heterocycles. The Hall–Kier alpha value is -0.960. The van der Waals surface area contributed by atoms with Crippen molar-refractivity contribution in [1.82, 2.24) is 10.2 Å². The van der Waals surface area contributed by atoms with Gasteiger partial charge in [0.2, 0.25) is 0 Å². The fourth-order valence-electron chi connectivity index (χ4n) is 0.712. The van der Waals surface area contributed by atoms with Crippen molar-refractivity contribution in [2.24, 2.45) is 0 Å². The van der Waals surface area contributed by atoms with Crippen molar-refractivity contribution >= 4 is 23.5 Å². The van der Waals surface area contributed by atoms with E-state index in [4.69, 9.17) is 17.3 Å². The number of rotatable bonds is 3. The second-order valence-corrected chi connectivity index (χ2v) is 2.50. The average molecular weight is 172 g/mol. The van der Waals surface area contributed by atoms with Crippen LogP contribution in [-0.4, -0.2) is 16.1 Å². The number of alkyl halides is 1. The summed E-state index contributed by atoms with van der Waals surface area (Å²) in [5.74, 6) is 1.23. The normalized spacial score (nSPS) is 11.0. The van der Waals surface area contributed by atoms with Gasteiger partial charge in [0.25, 0.3) is 0 Å². The lowest BCUT2D eigenvalue weighted by molar-refractivity contribution is 1.10. The predicted molar refractivity (Wildman–Crippen MR) is 47.4 cm³/mol. The molecule has 0 atom stereocenters. The lowest BCUT2D eigenvalue weighted by Crippen LogP contribution is -1.85. The van der Waals surface area contributed by atoms with Crippen LogP contribution in [0.4, 0.5) is 5.82 Å². The largest absolute Gasteiger partial charge is 0.384 e. The number of nitrogens with one attached hydrogen (secondary N) is 1. The topological polar surface area (TPSA) is 54.7 Å². The van der Waals surface area contributed by atoms with Crippen LogP contribution in [0, 0.1) is 0 Å². The predicted octanol–water partition coefficient (Wildman–Crippen LogP) is 1.63. The van der Waals surface area contributed by atoms with Crippen LogP contribution < -0.4 is 5.73 Å². The Morgan fingerprint density at radius 3 is 3.09 bits per heavy atom. The molecule has 0 aliphatic rings. The SMILES string of the molecule is Nc1[nH]ncc1C=CCCCl. The van der Waals surface area contributed by atoms with Crippen LogP contribution in [0.15, 0.2) is 12.3 Å². The summed E-state index contributed by atoms with van der Waals surface area (Å²) in [6, 6.07) is 0. The molecule has 0 spiro atoms. The number of nitrogens with zero attached hydrogens (tertiary/aromatic N) is 1. The molecule has 0 amide bonds. The molecule has 0 saturated carbocycles. The molecule has 0 aliphatic carbocycles. The molecule has 0 unspecified atom stereocenters. The van der Waals surface area contributed by atoms with Crippen LogP contribution in [0.1, 0.15) is 12.0 Å². The number of H-pyrrole nitrogens is 1. The molecular formula is C7H10ClN3. The van der Waals surface area contributed by atoms with E-state index in [-0.39, 0.29) is 0 Å². The van der Waals surface area contributed by atoms with Crippen molar-refractivity contribution < 1.29 is 0 Å². The van der Waals surface area contributed by atoms with E-state index in [0.29, 0.717) is 11.7 Å². The molecule has 60 valence electrons. The monoisotopic (exact) mass is 171 g/mol. The highest BCUT2D eigenvalue weighted by Gasteiger charge is 1.93. The minimum absolute atomic E-state index is 0.593. The van der Waals surface area contributed by atoms with Gasteiger partial charge in [-0.25, -0.2) is 0 Å². The summed E-state index contributed by atoms with van der Waals surface area (Å²) in [6.45, 7) is 0. The van der Waals surface area contributed by atoms with Gasteiger partial charge >= 0.3 is 0 Å². The lowest BCUT2D eigenvalue weighted by atomic mass is 10.3. The molecule has 1 rings (SSSR count). The van der Waals surface area contributed by atoms with Crippen molar-refractivity contribution in [3.05, 3.63) is 17.8 Å². The number of nitrogens with two attached hydrogens (primary N) is 1. The minimum Gasteiger partial charge on any atom is -0.384 e. The van der Waals surface area contributed by atoms with Crippen LogP contribution in [-0.2, 0) is 0 Å². The van der Waals surface area contributed by atoms with Crippen LogP contribution in [0.3, 0.4) is 0 Å². The summed E-state index contributed by atoms with van der Waals surface area (Å²) >= 11 is 5.48. The Bertz CT molecular complexity index is 242. The summed E-state index contributed by atoms with van der Waals surface area (Å²) in [7, 11) is 0. The maximum absolute atomic E-state index is 5.52. The molecule has 11 heavy (non-hydrogen) atoms. The molecule has 0 bridgehead atoms. The molecule has 0 aliphatic heterocycles. The summed E-state index contributed by atoms with van der Waals surface area (Å²) in [6.07, 6.45) is 6.40. The molecule has 0 saturated heterocycles. The molecule has 4 heteroatoms. The van der Waals surface area contributed by atoms with E-state index in [9.17, 15) is 0 Å². The molecule has 0 aromatic carbocycles. The van der Waals surface area contributed by atoms with E-state index in [1.165, 1.54) is 0 Å². The third-order valence-corrected chi connectivity index (χ3v) is 1.49. The smallest absolute Gasteiger partial charge is 0.126 e. The van der Waals surface area contributed by atoms with Gasteiger partial charge < -0.3 is 5.73 Å². The van der Waals surface area contributed by atoms with Crippen molar-refractivity contribution in [1.29, 1.82) is 0 Å². The highest BCUT2D eigenvalue weighted by atomic mass is 35.5. The Labute approximate surface area is 70.2 Å². The zero-order valence-electron chi connectivity index (χ0n) is 6.05. The fourth-order valence-corrected chi connectivity index (χ4v) is 0.838. The standard InChI is InChI=1S/C7H10ClN3/c8-4-2-1-3-6-5-10-11-7(6)9/h1,3,5H,2,4H2,(H3,9,10,11). The number of hydrogen-bond donors (Lipinski definition) is 2. The Kier molecular flexibility index (Phi) is 2.98. The molecule has 0 fully saturated rings. The number of allylic oxidation sites excluding steroid dienone is 1. The fraction of sp³-hybridized carbons (Fsp3) is 0.286. The summed E-state index contributed by atoms with van der Waals surface area (Å²) in [4.78, 5) is 0. The number of nitrogen functional groups attached to an aromatic ring is 1. The number of anilines is 1. The first kappa shape index (κ1) is 8.14. The third-order valence-electron chi connectivity index (χ3n) is 1.27. The van der Waals surface area contributed by atoms with Crippen molar-refractivity contribution in [2.75, 3.05) is 11.6 Å². The number of hydrogen-bond acceptors (Lipinski definition) is 2. The van der Waals surface area contributed by atoms with Crippen LogP contribution >= 0.6 is 11.6 Å². The molecule has 1 aromatic rings. The Morgan fingerprint density at radius 2 is 2.55 bits per heavy atom. The van der Waals surface area contributed by atoms with Gasteiger partial charge in [-0.05, 0) is 6.42 Å². The van der Waals surface area contributed by atoms with E-state index in [2.05, 4.69) is 10.2 Å². The molecule has 1 aromatic heterocycles. The highest BCUT2D eigenvalue weighted by Crippen LogP contribution is 2.08. The number of halogens is 1. The van der Waals surface area contributed by atoms with Gasteiger partial charge in [-0.2, -0.15) is 5.10 Å². The zero-order valence-corrected chi connectivity index (χ0v) is 6.80. The zero-order chi connectivity index (χ0) is 8.10. The van der Waals surface area contributed by atoms with Crippen LogP contribution in [0.25, 0.3) is 6.08 Å². The van der Waals surface area contributed by atoms with Crippen molar-refractivity contribution in [3.63, 3.8) is 0 Å². The van der Waals surface area contributed by atoms with Gasteiger partial charge in [0.05, 0.1) is 6.20 Å². The van der Waals surface area contributed by atoms with Gasteiger partial charge in [-0.3, -0.25) is 5.10 Å². The van der Waals surface area contributed by atoms with Gasteiger partial charge in [0, 0.05) is 11.4 Å². The maximum atomic E-state index is 5.52. The second kappa shape index (κ2) is 4.03. The number of aromatic amines is 1. The first-order valence-corrected chi connectivity index (χ1v) is 3.89. The number of aromatic nitrogens is 2. The summed E-state index contributed by atoms with van der Waals surface area (Å²) in [5.41, 5.74) is 6.43. The van der Waals surface area contributed by atoms with E-state index in [0.717, 1.165) is 12.0 Å². The second-order valence-electron chi connectivity index (χ2n) is 2.12. The van der Waals surface area contributed by atoms with E-state index in [1.807, 2.05) is 12.2 Å². The Balaban J connectivity index is 2.56. The molecule has 3 N–H and O–H groups in total. The molecule has 0 radical (unpaired) electrons. The van der Waals surface area contributed by atoms with Crippen LogP contribution in [0.2, 0.25) is 0 Å². The van der Waals surface area contributed by atoms with Gasteiger partial charge in [0.15, 0.2) is 0 Å². The highest BCUT2D eigenvalue weighted by molar-refractivity contribution is 6.17. The van der Waals surface area contributed by atoms with Crippen LogP contribution in [0.5, 0.6) is 0 Å². The molecule has 3 nitrogen and oxygen atoms in total.